The second kappa shape index (κ2) is 8.84. The molecule has 8 heteroatoms. The zero-order valence-corrected chi connectivity index (χ0v) is 17.1. The number of nitrogens with one attached hydrogen (secondary N) is 2. The topological polar surface area (TPSA) is 77.4 Å². The molecule has 0 spiro atoms. The number of aromatic nitrogens is 2. The molecule has 1 saturated heterocycles. The van der Waals surface area contributed by atoms with Crippen molar-refractivity contribution in [2.75, 3.05) is 20.2 Å². The molecule has 1 amide bonds. The number of ether oxygens (including phenoxy) is 2. The molecule has 2 aromatic rings. The molecule has 3 heterocycles. The first-order chi connectivity index (χ1) is 13.1. The Morgan fingerprint density at radius 1 is 1.46 bits per heavy atom. The van der Waals surface area contributed by atoms with Crippen molar-refractivity contribution in [3.05, 3.63) is 41.2 Å². The third kappa shape index (κ3) is 4.25. The van der Waals surface area contributed by atoms with Gasteiger partial charge in [-0.15, -0.1) is 12.4 Å². The molecule has 0 bridgehead atoms. The Morgan fingerprint density at radius 2 is 2.32 bits per heavy atom. The number of nitrogens with zero attached hydrogens (tertiary/aromatic N) is 2. The number of methoxy groups -OCH3 is 1. The summed E-state index contributed by atoms with van der Waals surface area (Å²) in [5, 5.41) is 10.8. The molecule has 2 aliphatic rings. The lowest BCUT2D eigenvalue weighted by Crippen LogP contribution is -2.32. The molecule has 7 nitrogen and oxygen atoms in total. The van der Waals surface area contributed by atoms with E-state index in [1.54, 1.807) is 13.2 Å². The first-order valence-electron chi connectivity index (χ1n) is 9.54. The van der Waals surface area contributed by atoms with Crippen molar-refractivity contribution in [1.82, 2.24) is 20.4 Å². The number of rotatable bonds is 5. The minimum Gasteiger partial charge on any atom is -0.496 e. The highest BCUT2D eigenvalue weighted by Gasteiger charge is 2.22. The van der Waals surface area contributed by atoms with Gasteiger partial charge in [-0.2, -0.15) is 5.10 Å². The first-order valence-corrected chi connectivity index (χ1v) is 9.54. The summed E-state index contributed by atoms with van der Waals surface area (Å²) in [5.41, 5.74) is 2.48. The van der Waals surface area contributed by atoms with E-state index < -0.39 is 0 Å². The van der Waals surface area contributed by atoms with Gasteiger partial charge in [0, 0.05) is 36.8 Å². The molecule has 28 heavy (non-hydrogen) atoms. The largest absolute Gasteiger partial charge is 0.496 e. The second-order valence-electron chi connectivity index (χ2n) is 7.27. The summed E-state index contributed by atoms with van der Waals surface area (Å²) in [6.07, 6.45) is 5.15. The SMILES string of the molecule is COc1cc2c(cc1CNC(=O)c1ccn(C3CCCNC3)n1)OC(C)C2.Cl. The maximum atomic E-state index is 12.5. The molecule has 1 aromatic heterocycles. The molecule has 1 aromatic carbocycles. The predicted molar refractivity (Wildman–Crippen MR) is 109 cm³/mol. The van der Waals surface area contributed by atoms with E-state index in [4.69, 9.17) is 9.47 Å². The summed E-state index contributed by atoms with van der Waals surface area (Å²) in [6.45, 7) is 4.36. The van der Waals surface area contributed by atoms with Crippen molar-refractivity contribution in [2.45, 2.75) is 44.9 Å². The average molecular weight is 407 g/mol. The van der Waals surface area contributed by atoms with Gasteiger partial charge < -0.3 is 20.1 Å². The van der Waals surface area contributed by atoms with Crippen LogP contribution in [-0.4, -0.2) is 42.0 Å². The van der Waals surface area contributed by atoms with Gasteiger partial charge in [-0.25, -0.2) is 0 Å². The number of piperidine rings is 1. The van der Waals surface area contributed by atoms with Crippen LogP contribution in [-0.2, 0) is 13.0 Å². The van der Waals surface area contributed by atoms with E-state index in [0.717, 1.165) is 55.0 Å². The molecular formula is C20H27ClN4O3. The van der Waals surface area contributed by atoms with Gasteiger partial charge in [-0.05, 0) is 44.5 Å². The van der Waals surface area contributed by atoms with Crippen molar-refractivity contribution in [3.63, 3.8) is 0 Å². The average Bonchev–Trinajstić information content (AvgIpc) is 3.31. The lowest BCUT2D eigenvalue weighted by molar-refractivity contribution is 0.0944. The Morgan fingerprint density at radius 3 is 3.07 bits per heavy atom. The number of amides is 1. The minimum atomic E-state index is -0.186. The van der Waals surface area contributed by atoms with Crippen LogP contribution in [0.25, 0.3) is 0 Å². The fourth-order valence-electron chi connectivity index (χ4n) is 3.80. The molecule has 152 valence electrons. The summed E-state index contributed by atoms with van der Waals surface area (Å²) in [6, 6.07) is 6.06. The number of hydrogen-bond donors (Lipinski definition) is 2. The smallest absolute Gasteiger partial charge is 0.272 e. The van der Waals surface area contributed by atoms with E-state index in [2.05, 4.69) is 15.7 Å². The van der Waals surface area contributed by atoms with Crippen LogP contribution in [0.2, 0.25) is 0 Å². The van der Waals surface area contributed by atoms with Crippen LogP contribution in [0.3, 0.4) is 0 Å². The van der Waals surface area contributed by atoms with E-state index in [1.165, 1.54) is 0 Å². The minimum absolute atomic E-state index is 0. The number of benzene rings is 1. The first kappa shape index (κ1) is 20.5. The molecule has 2 unspecified atom stereocenters. The third-order valence-electron chi connectivity index (χ3n) is 5.22. The van der Waals surface area contributed by atoms with E-state index in [0.29, 0.717) is 18.3 Å². The molecule has 2 atom stereocenters. The van der Waals surface area contributed by atoms with Gasteiger partial charge in [0.2, 0.25) is 0 Å². The Labute approximate surface area is 171 Å². The molecule has 0 aliphatic carbocycles. The van der Waals surface area contributed by atoms with Gasteiger partial charge in [-0.1, -0.05) is 0 Å². The molecule has 2 aliphatic heterocycles. The number of fused-ring (bicyclic) bond motifs is 1. The van der Waals surface area contributed by atoms with Crippen LogP contribution >= 0.6 is 12.4 Å². The summed E-state index contributed by atoms with van der Waals surface area (Å²) < 4.78 is 13.2. The monoisotopic (exact) mass is 406 g/mol. The van der Waals surface area contributed by atoms with Gasteiger partial charge >= 0.3 is 0 Å². The highest BCUT2D eigenvalue weighted by atomic mass is 35.5. The predicted octanol–water partition coefficient (Wildman–Crippen LogP) is 2.49. The highest BCUT2D eigenvalue weighted by Crippen LogP contribution is 2.34. The Balaban J connectivity index is 0.00000225. The van der Waals surface area contributed by atoms with Gasteiger partial charge in [0.1, 0.15) is 23.3 Å². The lowest BCUT2D eigenvalue weighted by Gasteiger charge is -2.22. The van der Waals surface area contributed by atoms with E-state index >= 15 is 0 Å². The zero-order valence-electron chi connectivity index (χ0n) is 16.2. The summed E-state index contributed by atoms with van der Waals surface area (Å²) in [5.74, 6) is 1.46. The summed E-state index contributed by atoms with van der Waals surface area (Å²) >= 11 is 0. The van der Waals surface area contributed by atoms with Crippen LogP contribution in [0.1, 0.15) is 47.4 Å². The summed E-state index contributed by atoms with van der Waals surface area (Å²) in [7, 11) is 1.65. The fourth-order valence-corrected chi connectivity index (χ4v) is 3.80. The Hall–Kier alpha value is -2.25. The normalized spacial score (nSPS) is 20.6. The Kier molecular flexibility index (Phi) is 6.46. The van der Waals surface area contributed by atoms with E-state index in [-0.39, 0.29) is 24.4 Å². The number of halogens is 1. The molecule has 4 rings (SSSR count). The van der Waals surface area contributed by atoms with E-state index in [9.17, 15) is 4.79 Å². The van der Waals surface area contributed by atoms with Gasteiger partial charge in [0.25, 0.3) is 5.91 Å². The van der Waals surface area contributed by atoms with Gasteiger partial charge in [0.05, 0.1) is 13.2 Å². The quantitative estimate of drug-likeness (QED) is 0.797. The van der Waals surface area contributed by atoms with Gasteiger partial charge in [-0.3, -0.25) is 9.48 Å². The molecule has 0 saturated carbocycles. The molecular weight excluding hydrogens is 380 g/mol. The van der Waals surface area contributed by atoms with Crippen LogP contribution in [0.4, 0.5) is 0 Å². The van der Waals surface area contributed by atoms with Crippen molar-refractivity contribution in [3.8, 4) is 11.5 Å². The van der Waals surface area contributed by atoms with Crippen molar-refractivity contribution in [2.24, 2.45) is 0 Å². The van der Waals surface area contributed by atoms with Crippen molar-refractivity contribution in [1.29, 1.82) is 0 Å². The number of carbonyl (C=O) groups is 1. The highest BCUT2D eigenvalue weighted by molar-refractivity contribution is 5.92. The molecule has 0 radical (unpaired) electrons. The van der Waals surface area contributed by atoms with Crippen LogP contribution in [0.15, 0.2) is 24.4 Å². The van der Waals surface area contributed by atoms with Crippen LogP contribution < -0.4 is 20.1 Å². The number of hydrogen-bond acceptors (Lipinski definition) is 5. The van der Waals surface area contributed by atoms with Crippen LogP contribution in [0, 0.1) is 0 Å². The third-order valence-corrected chi connectivity index (χ3v) is 5.22. The summed E-state index contributed by atoms with van der Waals surface area (Å²) in [4.78, 5) is 12.5. The van der Waals surface area contributed by atoms with Gasteiger partial charge in [0.15, 0.2) is 0 Å². The molecule has 2 N–H and O–H groups in total. The molecule has 1 fully saturated rings. The standard InChI is InChI=1S/C20H26N4O3.ClH/c1-13-8-14-9-18(26-2)15(10-19(14)27-13)11-22-20(25)17-5-7-24(23-17)16-4-3-6-21-12-16;/h5,7,9-10,13,16,21H,3-4,6,8,11-12H2,1-2H3,(H,22,25);1H. The van der Waals surface area contributed by atoms with E-state index in [1.807, 2.05) is 29.9 Å². The van der Waals surface area contributed by atoms with Crippen molar-refractivity contribution < 1.29 is 14.3 Å². The maximum absolute atomic E-state index is 12.5. The Bertz CT molecular complexity index is 833. The van der Waals surface area contributed by atoms with Crippen molar-refractivity contribution >= 4 is 18.3 Å². The fraction of sp³-hybridized carbons (Fsp3) is 0.500. The van der Waals surface area contributed by atoms with Crippen LogP contribution in [0.5, 0.6) is 11.5 Å². The zero-order chi connectivity index (χ0) is 18.8. The maximum Gasteiger partial charge on any atom is 0.272 e. The second-order valence-corrected chi connectivity index (χ2v) is 7.27. The lowest BCUT2D eigenvalue weighted by atomic mass is 10.1. The number of carbonyl (C=O) groups excluding carboxylic acids is 1.